The van der Waals surface area contributed by atoms with E-state index >= 15 is 0 Å². The number of hydrogen-bond donors (Lipinski definition) is 2. The molecular weight excluding hydrogens is 405 g/mol. The molecule has 0 amide bonds. The van der Waals surface area contributed by atoms with Gasteiger partial charge in [0.25, 0.3) is 0 Å². The first kappa shape index (κ1) is 21.6. The molecule has 1 unspecified atom stereocenters. The summed E-state index contributed by atoms with van der Waals surface area (Å²) >= 11 is 5.75. The van der Waals surface area contributed by atoms with Crippen molar-refractivity contribution in [1.82, 2.24) is 5.32 Å². The van der Waals surface area contributed by atoms with Crippen LogP contribution in [0.1, 0.15) is 48.4 Å². The molecule has 162 valence electrons. The van der Waals surface area contributed by atoms with Crippen LogP contribution in [0.15, 0.2) is 30.3 Å². The number of ether oxygens (including phenoxy) is 2. The lowest BCUT2D eigenvalue weighted by molar-refractivity contribution is 0.0255. The molecule has 1 aliphatic carbocycles. The maximum Gasteiger partial charge on any atom is 0.142 e. The van der Waals surface area contributed by atoms with E-state index in [-0.39, 0.29) is 17.2 Å². The molecule has 4 rings (SSSR count). The van der Waals surface area contributed by atoms with Crippen molar-refractivity contribution in [2.24, 2.45) is 0 Å². The van der Waals surface area contributed by atoms with Gasteiger partial charge in [0, 0.05) is 23.6 Å². The summed E-state index contributed by atoms with van der Waals surface area (Å²) in [5.41, 5.74) is 4.17. The van der Waals surface area contributed by atoms with Crippen LogP contribution in [-0.4, -0.2) is 36.0 Å². The molecule has 3 atom stereocenters. The predicted molar refractivity (Wildman–Crippen MR) is 116 cm³/mol. The molecule has 1 aliphatic heterocycles. The Bertz CT molecular complexity index is 933. The van der Waals surface area contributed by atoms with Crippen LogP contribution in [0.5, 0.6) is 5.75 Å². The minimum absolute atomic E-state index is 0.125. The van der Waals surface area contributed by atoms with Gasteiger partial charge < -0.3 is 19.9 Å². The number of hydrogen-bond acceptors (Lipinski definition) is 4. The fourth-order valence-electron chi connectivity index (χ4n) is 4.18. The fourth-order valence-corrected chi connectivity index (χ4v) is 4.29. The van der Waals surface area contributed by atoms with Gasteiger partial charge >= 0.3 is 0 Å². The van der Waals surface area contributed by atoms with Crippen molar-refractivity contribution in [2.75, 3.05) is 13.2 Å². The van der Waals surface area contributed by atoms with Crippen LogP contribution in [0.4, 0.5) is 4.39 Å². The molecule has 2 aliphatic rings. The molecule has 4 nitrogen and oxygen atoms in total. The second-order valence-corrected chi connectivity index (χ2v) is 9.55. The minimum atomic E-state index is -0.630. The molecule has 2 aromatic rings. The summed E-state index contributed by atoms with van der Waals surface area (Å²) in [5, 5.41) is 13.8. The Hall–Kier alpha value is -1.66. The molecule has 6 heteroatoms. The Morgan fingerprint density at radius 3 is 2.90 bits per heavy atom. The Morgan fingerprint density at radius 1 is 1.33 bits per heavy atom. The van der Waals surface area contributed by atoms with Crippen molar-refractivity contribution in [1.29, 1.82) is 0 Å². The number of halogens is 2. The summed E-state index contributed by atoms with van der Waals surface area (Å²) < 4.78 is 25.5. The number of aliphatic hydroxyl groups excluding tert-OH is 1. The normalized spacial score (nSPS) is 20.5. The SMILES string of the molecule is Cc1ccc(COC[C@H](O)CNC(C)(C)Cc2ccc(Cl)c(F)c2)c2c1OC1C[C@@H]21. The van der Waals surface area contributed by atoms with Crippen molar-refractivity contribution in [3.8, 4) is 5.75 Å². The van der Waals surface area contributed by atoms with Gasteiger partial charge in [0.05, 0.1) is 24.3 Å². The van der Waals surface area contributed by atoms with Gasteiger partial charge in [-0.3, -0.25) is 0 Å². The maximum atomic E-state index is 13.7. The van der Waals surface area contributed by atoms with Crippen molar-refractivity contribution >= 4 is 11.6 Å². The number of rotatable bonds is 9. The van der Waals surface area contributed by atoms with Crippen molar-refractivity contribution in [3.63, 3.8) is 0 Å². The summed E-state index contributed by atoms with van der Waals surface area (Å²) in [7, 11) is 0. The zero-order valence-electron chi connectivity index (χ0n) is 17.7. The fraction of sp³-hybridized carbons (Fsp3) is 0.500. The van der Waals surface area contributed by atoms with Crippen LogP contribution < -0.4 is 10.1 Å². The van der Waals surface area contributed by atoms with Gasteiger partial charge in [0.1, 0.15) is 17.7 Å². The average molecular weight is 434 g/mol. The molecule has 2 N–H and O–H groups in total. The Kier molecular flexibility index (Phi) is 6.08. The summed E-state index contributed by atoms with van der Waals surface area (Å²) in [6, 6.07) is 9.03. The van der Waals surface area contributed by atoms with Crippen molar-refractivity contribution in [2.45, 2.75) is 63.9 Å². The Balaban J connectivity index is 1.24. The van der Waals surface area contributed by atoms with Gasteiger partial charge in [0.2, 0.25) is 0 Å². The molecule has 1 fully saturated rings. The first-order valence-electron chi connectivity index (χ1n) is 10.5. The van der Waals surface area contributed by atoms with Crippen LogP contribution in [0.3, 0.4) is 0 Å². The van der Waals surface area contributed by atoms with Crippen LogP contribution >= 0.6 is 11.6 Å². The van der Waals surface area contributed by atoms with Crippen molar-refractivity contribution < 1.29 is 19.0 Å². The topological polar surface area (TPSA) is 50.7 Å². The standard InChI is InChI=1S/C24H29ClFNO3/c1-14-4-6-16(22-18-9-21(18)30-23(14)22)12-29-13-17(28)11-27-24(2,3)10-15-5-7-19(25)20(26)8-15/h4-8,17-18,21,27-28H,9-13H2,1-3H3/t17-,18-,21?/m1/s1. The molecule has 30 heavy (non-hydrogen) atoms. The van der Waals surface area contributed by atoms with E-state index in [2.05, 4.69) is 24.4 Å². The number of aliphatic hydroxyl groups is 1. The lowest BCUT2D eigenvalue weighted by Gasteiger charge is -2.28. The third-order valence-corrected chi connectivity index (χ3v) is 6.18. The van der Waals surface area contributed by atoms with Crippen molar-refractivity contribution in [3.05, 3.63) is 63.4 Å². The highest BCUT2D eigenvalue weighted by atomic mass is 35.5. The van der Waals surface area contributed by atoms with Gasteiger partial charge in [-0.25, -0.2) is 4.39 Å². The van der Waals surface area contributed by atoms with Crippen LogP contribution in [0.25, 0.3) is 0 Å². The molecule has 2 aromatic carbocycles. The van der Waals surface area contributed by atoms with Gasteiger partial charge in [-0.05, 0) is 62.4 Å². The van der Waals surface area contributed by atoms with E-state index in [0.29, 0.717) is 31.6 Å². The third kappa shape index (κ3) is 4.80. The smallest absolute Gasteiger partial charge is 0.142 e. The van der Waals surface area contributed by atoms with E-state index in [0.717, 1.165) is 23.3 Å². The van der Waals surface area contributed by atoms with E-state index in [1.54, 1.807) is 6.07 Å². The predicted octanol–water partition coefficient (Wildman–Crippen LogP) is 4.52. The number of benzene rings is 2. The van der Waals surface area contributed by atoms with Gasteiger partial charge in [-0.1, -0.05) is 29.8 Å². The van der Waals surface area contributed by atoms with E-state index in [1.807, 2.05) is 19.9 Å². The average Bonchev–Trinajstić information content (AvgIpc) is 3.35. The first-order valence-corrected chi connectivity index (χ1v) is 10.8. The molecule has 0 bridgehead atoms. The lowest BCUT2D eigenvalue weighted by Crippen LogP contribution is -2.46. The highest BCUT2D eigenvalue weighted by Gasteiger charge is 2.49. The molecule has 0 aromatic heterocycles. The number of aryl methyl sites for hydroxylation is 1. The third-order valence-electron chi connectivity index (χ3n) is 5.87. The number of nitrogens with one attached hydrogen (secondary N) is 1. The number of β-amino-alcohol motifs (C(OH)–C–C–N with tert-alkyl or cyclic N) is 1. The second-order valence-electron chi connectivity index (χ2n) is 9.14. The first-order chi connectivity index (χ1) is 14.2. The van der Waals surface area contributed by atoms with E-state index in [1.165, 1.54) is 17.2 Å². The molecular formula is C24H29ClFNO3. The molecule has 0 saturated heterocycles. The summed E-state index contributed by atoms with van der Waals surface area (Å²) in [4.78, 5) is 0. The molecule has 1 heterocycles. The zero-order valence-corrected chi connectivity index (χ0v) is 18.4. The van der Waals surface area contributed by atoms with E-state index < -0.39 is 11.9 Å². The van der Waals surface area contributed by atoms with E-state index in [9.17, 15) is 9.50 Å². The van der Waals surface area contributed by atoms with Gasteiger partial charge in [-0.15, -0.1) is 0 Å². The summed E-state index contributed by atoms with van der Waals surface area (Å²) in [6.07, 6.45) is 1.44. The summed E-state index contributed by atoms with van der Waals surface area (Å²) in [6.45, 7) is 7.23. The largest absolute Gasteiger partial charge is 0.489 e. The molecule has 1 saturated carbocycles. The highest BCUT2D eigenvalue weighted by Crippen LogP contribution is 2.55. The maximum absolute atomic E-state index is 13.7. The quantitative estimate of drug-likeness (QED) is 0.610. The van der Waals surface area contributed by atoms with Crippen LogP contribution in [0.2, 0.25) is 5.02 Å². The zero-order chi connectivity index (χ0) is 21.5. The van der Waals surface area contributed by atoms with E-state index in [4.69, 9.17) is 21.1 Å². The monoisotopic (exact) mass is 433 g/mol. The minimum Gasteiger partial charge on any atom is -0.489 e. The molecule has 0 radical (unpaired) electrons. The Labute approximate surface area is 182 Å². The Morgan fingerprint density at radius 2 is 2.13 bits per heavy atom. The lowest BCUT2D eigenvalue weighted by atomic mass is 9.94. The van der Waals surface area contributed by atoms with Crippen LogP contribution in [0, 0.1) is 12.7 Å². The van der Waals surface area contributed by atoms with Gasteiger partial charge in [0.15, 0.2) is 0 Å². The number of fused-ring (bicyclic) bond motifs is 3. The summed E-state index contributed by atoms with van der Waals surface area (Å²) in [5.74, 6) is 1.13. The second kappa shape index (κ2) is 8.46. The highest BCUT2D eigenvalue weighted by molar-refractivity contribution is 6.30. The van der Waals surface area contributed by atoms with Gasteiger partial charge in [-0.2, -0.15) is 0 Å². The molecule has 0 spiro atoms. The van der Waals surface area contributed by atoms with Crippen LogP contribution in [-0.2, 0) is 17.8 Å².